The number of aryl methyl sites for hydroxylation is 1. The molecular formula is C15H13Cl2NO4. The van der Waals surface area contributed by atoms with Crippen molar-refractivity contribution in [2.24, 2.45) is 0 Å². The number of carbonyl (C=O) groups is 2. The van der Waals surface area contributed by atoms with Gasteiger partial charge in [0.25, 0.3) is 0 Å². The molecular weight excluding hydrogens is 329 g/mol. The van der Waals surface area contributed by atoms with Gasteiger partial charge >= 0.3 is 11.9 Å². The standard InChI is InChI=1S/C15H13Cl2NO4/c1-3-22-15(21)9-4-8(2)18(7-9)12-6-10(16)5-11(17)13(12)14(19)20/h4-7H,3H2,1-2H3,(H,19,20). The molecule has 5 nitrogen and oxygen atoms in total. The lowest BCUT2D eigenvalue weighted by atomic mass is 10.1. The Kier molecular flexibility index (Phi) is 4.78. The third-order valence-electron chi connectivity index (χ3n) is 3.03. The molecule has 0 atom stereocenters. The first-order valence-electron chi connectivity index (χ1n) is 6.44. The number of aromatic nitrogens is 1. The van der Waals surface area contributed by atoms with Crippen molar-refractivity contribution in [3.05, 3.63) is 51.3 Å². The Labute approximate surface area is 137 Å². The number of aromatic carboxylic acids is 1. The van der Waals surface area contributed by atoms with Crippen LogP contribution >= 0.6 is 23.2 Å². The molecule has 2 aromatic rings. The minimum Gasteiger partial charge on any atom is -0.478 e. The van der Waals surface area contributed by atoms with Crippen LogP contribution in [0.25, 0.3) is 5.69 Å². The van der Waals surface area contributed by atoms with Gasteiger partial charge in [0, 0.05) is 16.9 Å². The van der Waals surface area contributed by atoms with Crippen molar-refractivity contribution in [2.75, 3.05) is 6.61 Å². The Morgan fingerprint density at radius 2 is 1.95 bits per heavy atom. The molecule has 2 rings (SSSR count). The summed E-state index contributed by atoms with van der Waals surface area (Å²) in [5.41, 5.74) is 1.19. The Hall–Kier alpha value is -1.98. The lowest BCUT2D eigenvalue weighted by molar-refractivity contribution is 0.0526. The van der Waals surface area contributed by atoms with E-state index in [9.17, 15) is 14.7 Å². The van der Waals surface area contributed by atoms with Gasteiger partial charge in [-0.2, -0.15) is 0 Å². The molecule has 1 aromatic heterocycles. The summed E-state index contributed by atoms with van der Waals surface area (Å²) in [7, 11) is 0. The molecule has 116 valence electrons. The fraction of sp³-hybridized carbons (Fsp3) is 0.200. The number of ether oxygens (including phenoxy) is 1. The highest BCUT2D eigenvalue weighted by Crippen LogP contribution is 2.29. The number of benzene rings is 1. The van der Waals surface area contributed by atoms with Crippen LogP contribution in [0.3, 0.4) is 0 Å². The third-order valence-corrected chi connectivity index (χ3v) is 3.55. The Morgan fingerprint density at radius 1 is 1.27 bits per heavy atom. The smallest absolute Gasteiger partial charge is 0.339 e. The normalized spacial score (nSPS) is 10.5. The van der Waals surface area contributed by atoms with Crippen LogP contribution in [0.4, 0.5) is 0 Å². The first kappa shape index (κ1) is 16.4. The van der Waals surface area contributed by atoms with Crippen molar-refractivity contribution in [3.8, 4) is 5.69 Å². The summed E-state index contributed by atoms with van der Waals surface area (Å²) in [5, 5.41) is 9.69. The van der Waals surface area contributed by atoms with E-state index in [1.807, 2.05) is 0 Å². The second-order valence-corrected chi connectivity index (χ2v) is 5.39. The molecule has 0 bridgehead atoms. The molecule has 0 saturated carbocycles. The van der Waals surface area contributed by atoms with Crippen LogP contribution in [0.15, 0.2) is 24.4 Å². The van der Waals surface area contributed by atoms with E-state index >= 15 is 0 Å². The highest BCUT2D eigenvalue weighted by atomic mass is 35.5. The summed E-state index contributed by atoms with van der Waals surface area (Å²) in [6, 6.07) is 4.46. The van der Waals surface area contributed by atoms with Gasteiger partial charge in [0.15, 0.2) is 0 Å². The molecule has 0 saturated heterocycles. The van der Waals surface area contributed by atoms with Crippen LogP contribution in [-0.4, -0.2) is 28.2 Å². The molecule has 0 spiro atoms. The maximum Gasteiger partial charge on any atom is 0.339 e. The van der Waals surface area contributed by atoms with E-state index < -0.39 is 11.9 Å². The largest absolute Gasteiger partial charge is 0.478 e. The number of esters is 1. The molecule has 0 amide bonds. The first-order valence-corrected chi connectivity index (χ1v) is 7.19. The zero-order valence-electron chi connectivity index (χ0n) is 11.9. The van der Waals surface area contributed by atoms with E-state index in [1.54, 1.807) is 24.5 Å². The van der Waals surface area contributed by atoms with E-state index in [1.165, 1.54) is 18.3 Å². The zero-order chi connectivity index (χ0) is 16.4. The summed E-state index contributed by atoms with van der Waals surface area (Å²) in [4.78, 5) is 23.2. The van der Waals surface area contributed by atoms with Gasteiger partial charge < -0.3 is 14.4 Å². The number of nitrogens with zero attached hydrogens (tertiary/aromatic N) is 1. The van der Waals surface area contributed by atoms with Gasteiger partial charge in [-0.1, -0.05) is 23.2 Å². The lowest BCUT2D eigenvalue weighted by Crippen LogP contribution is -2.07. The summed E-state index contributed by atoms with van der Waals surface area (Å²) in [6.07, 6.45) is 1.50. The van der Waals surface area contributed by atoms with Crippen LogP contribution in [0.2, 0.25) is 10.0 Å². The van der Waals surface area contributed by atoms with E-state index in [2.05, 4.69) is 0 Å². The molecule has 0 radical (unpaired) electrons. The second-order valence-electron chi connectivity index (χ2n) is 4.55. The number of hydrogen-bond donors (Lipinski definition) is 1. The predicted molar refractivity (Wildman–Crippen MR) is 83.4 cm³/mol. The maximum absolute atomic E-state index is 11.8. The van der Waals surface area contributed by atoms with Gasteiger partial charge in [0.05, 0.1) is 22.9 Å². The average Bonchev–Trinajstić information content (AvgIpc) is 2.79. The number of rotatable bonds is 4. The van der Waals surface area contributed by atoms with E-state index in [4.69, 9.17) is 27.9 Å². The Bertz CT molecular complexity index is 752. The third kappa shape index (κ3) is 3.10. The lowest BCUT2D eigenvalue weighted by Gasteiger charge is -2.12. The summed E-state index contributed by atoms with van der Waals surface area (Å²) in [6.45, 7) is 3.70. The summed E-state index contributed by atoms with van der Waals surface area (Å²) < 4.78 is 6.49. The molecule has 0 aliphatic heterocycles. The highest BCUT2D eigenvalue weighted by Gasteiger charge is 2.20. The fourth-order valence-corrected chi connectivity index (χ4v) is 2.68. The van der Waals surface area contributed by atoms with E-state index in [-0.39, 0.29) is 22.9 Å². The maximum atomic E-state index is 11.8. The number of hydrogen-bond acceptors (Lipinski definition) is 3. The van der Waals surface area contributed by atoms with Crippen LogP contribution in [0.1, 0.15) is 33.3 Å². The quantitative estimate of drug-likeness (QED) is 0.854. The van der Waals surface area contributed by atoms with Crippen LogP contribution in [0.5, 0.6) is 0 Å². The molecule has 0 aliphatic rings. The topological polar surface area (TPSA) is 68.5 Å². The van der Waals surface area contributed by atoms with E-state index in [0.29, 0.717) is 16.3 Å². The van der Waals surface area contributed by atoms with Gasteiger partial charge in [-0.15, -0.1) is 0 Å². The number of halogens is 2. The SMILES string of the molecule is CCOC(=O)c1cc(C)n(-c2cc(Cl)cc(Cl)c2C(=O)O)c1. The summed E-state index contributed by atoms with van der Waals surface area (Å²) >= 11 is 11.9. The van der Waals surface area contributed by atoms with Crippen molar-refractivity contribution in [1.29, 1.82) is 0 Å². The fourth-order valence-electron chi connectivity index (χ4n) is 2.12. The van der Waals surface area contributed by atoms with Crippen LogP contribution in [0, 0.1) is 6.92 Å². The van der Waals surface area contributed by atoms with Gasteiger partial charge in [-0.25, -0.2) is 9.59 Å². The van der Waals surface area contributed by atoms with Gasteiger partial charge in [-0.05, 0) is 32.0 Å². The van der Waals surface area contributed by atoms with Crippen molar-refractivity contribution < 1.29 is 19.4 Å². The molecule has 1 N–H and O–H groups in total. The number of carbonyl (C=O) groups excluding carboxylic acids is 1. The van der Waals surface area contributed by atoms with Crippen LogP contribution < -0.4 is 0 Å². The van der Waals surface area contributed by atoms with E-state index in [0.717, 1.165) is 0 Å². The molecule has 0 aliphatic carbocycles. The molecule has 1 heterocycles. The second kappa shape index (κ2) is 6.42. The zero-order valence-corrected chi connectivity index (χ0v) is 13.4. The van der Waals surface area contributed by atoms with Crippen molar-refractivity contribution >= 4 is 35.1 Å². The number of carboxylic acid groups (broad SMARTS) is 1. The minimum absolute atomic E-state index is 0.0285. The Morgan fingerprint density at radius 3 is 2.55 bits per heavy atom. The molecule has 0 unspecified atom stereocenters. The predicted octanol–water partition coefficient (Wildman–Crippen LogP) is 3.97. The molecule has 7 heteroatoms. The highest BCUT2D eigenvalue weighted by molar-refractivity contribution is 6.37. The monoisotopic (exact) mass is 341 g/mol. The molecule has 22 heavy (non-hydrogen) atoms. The van der Waals surface area contributed by atoms with Crippen LogP contribution in [-0.2, 0) is 4.74 Å². The molecule has 0 fully saturated rings. The Balaban J connectivity index is 2.62. The van der Waals surface area contributed by atoms with Gasteiger partial charge in [0.1, 0.15) is 5.56 Å². The van der Waals surface area contributed by atoms with Gasteiger partial charge in [0.2, 0.25) is 0 Å². The van der Waals surface area contributed by atoms with Crippen molar-refractivity contribution in [3.63, 3.8) is 0 Å². The minimum atomic E-state index is -1.18. The van der Waals surface area contributed by atoms with Gasteiger partial charge in [-0.3, -0.25) is 0 Å². The first-order chi connectivity index (χ1) is 10.3. The average molecular weight is 342 g/mol. The summed E-state index contributed by atoms with van der Waals surface area (Å²) in [5.74, 6) is -1.66. The van der Waals surface area contributed by atoms with Crippen molar-refractivity contribution in [1.82, 2.24) is 4.57 Å². The van der Waals surface area contributed by atoms with Crippen molar-refractivity contribution in [2.45, 2.75) is 13.8 Å². The molecule has 1 aromatic carbocycles. The number of carboxylic acids is 1.